The van der Waals surface area contributed by atoms with E-state index in [2.05, 4.69) is 9.97 Å². The number of pyridine rings is 2. The molecule has 2 aromatic heterocycles. The highest BCUT2D eigenvalue weighted by atomic mass is 33.1. The van der Waals surface area contributed by atoms with Crippen LogP contribution in [0.1, 0.15) is 13.8 Å². The van der Waals surface area contributed by atoms with Crippen molar-refractivity contribution in [1.29, 1.82) is 0 Å². The molecule has 0 aromatic carbocycles. The summed E-state index contributed by atoms with van der Waals surface area (Å²) >= 11 is 0. The van der Waals surface area contributed by atoms with E-state index in [-0.39, 0.29) is 11.4 Å². The minimum absolute atomic E-state index is 0.0761. The highest BCUT2D eigenvalue weighted by Gasteiger charge is 2.08. The first-order chi connectivity index (χ1) is 10.6. The standard InChI is InChI=1S/C10H6N4O4S2.C2H6/c15-13(16)7-1-3-9(11-5-7)19-20-10-4-2-8(6-12-10)14(17)18;1-2/h1-6H;1-2H3. The van der Waals surface area contributed by atoms with E-state index in [9.17, 15) is 20.2 Å². The number of hydrogen-bond donors (Lipinski definition) is 0. The average molecular weight is 340 g/mol. The molecule has 2 heterocycles. The van der Waals surface area contributed by atoms with Gasteiger partial charge < -0.3 is 0 Å². The molecule has 0 atom stereocenters. The lowest BCUT2D eigenvalue weighted by Gasteiger charge is -1.99. The van der Waals surface area contributed by atoms with Crippen LogP contribution in [-0.4, -0.2) is 19.8 Å². The number of rotatable bonds is 5. The topological polar surface area (TPSA) is 112 Å². The van der Waals surface area contributed by atoms with Crippen LogP contribution < -0.4 is 0 Å². The fourth-order valence-electron chi connectivity index (χ4n) is 1.14. The molecule has 0 saturated carbocycles. The van der Waals surface area contributed by atoms with Crippen molar-refractivity contribution in [3.63, 3.8) is 0 Å². The SMILES string of the molecule is CC.O=[N+]([O-])c1ccc(SSc2ccc([N+](=O)[O-])cn2)nc1. The number of aromatic nitrogens is 2. The van der Waals surface area contributed by atoms with Crippen LogP contribution in [0.3, 0.4) is 0 Å². The van der Waals surface area contributed by atoms with Gasteiger partial charge in [-0.15, -0.1) is 0 Å². The Bertz CT molecular complexity index is 577. The maximum absolute atomic E-state index is 10.5. The predicted molar refractivity (Wildman–Crippen MR) is 84.8 cm³/mol. The third kappa shape index (κ3) is 5.30. The molecule has 22 heavy (non-hydrogen) atoms. The van der Waals surface area contributed by atoms with Crippen LogP contribution in [-0.2, 0) is 0 Å². The zero-order chi connectivity index (χ0) is 16.5. The van der Waals surface area contributed by atoms with Crippen LogP contribution in [0, 0.1) is 20.2 Å². The lowest BCUT2D eigenvalue weighted by Crippen LogP contribution is -1.89. The van der Waals surface area contributed by atoms with Gasteiger partial charge in [0.05, 0.1) is 9.85 Å². The first-order valence-electron chi connectivity index (χ1n) is 6.11. The fourth-order valence-corrected chi connectivity index (χ4v) is 2.86. The summed E-state index contributed by atoms with van der Waals surface area (Å²) in [7, 11) is 2.52. The van der Waals surface area contributed by atoms with Gasteiger partial charge in [0.15, 0.2) is 0 Å². The van der Waals surface area contributed by atoms with Crippen molar-refractivity contribution >= 4 is 33.0 Å². The molecule has 0 aliphatic rings. The lowest BCUT2D eigenvalue weighted by atomic mass is 10.4. The lowest BCUT2D eigenvalue weighted by molar-refractivity contribution is -0.385. The van der Waals surface area contributed by atoms with Crippen molar-refractivity contribution in [3.05, 3.63) is 56.9 Å². The van der Waals surface area contributed by atoms with Crippen molar-refractivity contribution in [2.75, 3.05) is 0 Å². The Balaban J connectivity index is 0.00000116. The Hall–Kier alpha value is -2.20. The molecule has 0 bridgehead atoms. The maximum Gasteiger partial charge on any atom is 0.287 e. The summed E-state index contributed by atoms with van der Waals surface area (Å²) in [4.78, 5) is 27.7. The van der Waals surface area contributed by atoms with Gasteiger partial charge in [0, 0.05) is 12.1 Å². The molecule has 0 amide bonds. The average Bonchev–Trinajstić information content (AvgIpc) is 2.55. The van der Waals surface area contributed by atoms with Gasteiger partial charge in [-0.05, 0) is 33.7 Å². The first-order valence-corrected chi connectivity index (χ1v) is 8.26. The van der Waals surface area contributed by atoms with E-state index >= 15 is 0 Å². The molecular weight excluding hydrogens is 328 g/mol. The molecular formula is C12H12N4O4S2. The second-order valence-corrected chi connectivity index (χ2v) is 5.56. The van der Waals surface area contributed by atoms with E-state index in [0.29, 0.717) is 10.1 Å². The number of hydrogen-bond acceptors (Lipinski definition) is 8. The van der Waals surface area contributed by atoms with E-state index in [0.717, 1.165) is 0 Å². The summed E-state index contributed by atoms with van der Waals surface area (Å²) in [6.45, 7) is 4.00. The summed E-state index contributed by atoms with van der Waals surface area (Å²) in [6.07, 6.45) is 2.35. The van der Waals surface area contributed by atoms with Crippen LogP contribution in [0.5, 0.6) is 0 Å². The maximum atomic E-state index is 10.5. The highest BCUT2D eigenvalue weighted by Crippen LogP contribution is 2.35. The molecule has 8 nitrogen and oxygen atoms in total. The van der Waals surface area contributed by atoms with Gasteiger partial charge in [-0.25, -0.2) is 9.97 Å². The van der Waals surface area contributed by atoms with Crippen LogP contribution >= 0.6 is 21.6 Å². The third-order valence-corrected chi connectivity index (χ3v) is 4.26. The summed E-state index contributed by atoms with van der Waals surface area (Å²) in [5.41, 5.74) is -0.152. The van der Waals surface area contributed by atoms with Crippen LogP contribution in [0.25, 0.3) is 0 Å². The van der Waals surface area contributed by atoms with Gasteiger partial charge in [0.25, 0.3) is 11.4 Å². The Morgan fingerprint density at radius 1 is 0.818 bits per heavy atom. The van der Waals surface area contributed by atoms with Crippen molar-refractivity contribution in [2.45, 2.75) is 23.9 Å². The summed E-state index contributed by atoms with van der Waals surface area (Å²) in [5, 5.41) is 22.1. The first kappa shape index (κ1) is 17.9. The van der Waals surface area contributed by atoms with Crippen LogP contribution in [0.4, 0.5) is 11.4 Å². The number of nitrogens with zero attached hydrogens (tertiary/aromatic N) is 4. The molecule has 0 saturated heterocycles. The van der Waals surface area contributed by atoms with Gasteiger partial charge in [0.1, 0.15) is 22.4 Å². The summed E-state index contributed by atoms with van der Waals surface area (Å²) in [5.74, 6) is 0. The van der Waals surface area contributed by atoms with Crippen LogP contribution in [0.15, 0.2) is 46.7 Å². The zero-order valence-electron chi connectivity index (χ0n) is 11.7. The Morgan fingerprint density at radius 2 is 1.18 bits per heavy atom. The van der Waals surface area contributed by atoms with E-state index < -0.39 is 9.85 Å². The van der Waals surface area contributed by atoms with Crippen molar-refractivity contribution < 1.29 is 9.85 Å². The van der Waals surface area contributed by atoms with E-state index in [1.54, 1.807) is 0 Å². The second-order valence-electron chi connectivity index (χ2n) is 3.39. The quantitative estimate of drug-likeness (QED) is 0.454. The zero-order valence-corrected chi connectivity index (χ0v) is 13.3. The molecule has 116 valence electrons. The Morgan fingerprint density at radius 3 is 1.41 bits per heavy atom. The van der Waals surface area contributed by atoms with Crippen molar-refractivity contribution in [1.82, 2.24) is 9.97 Å². The normalized spacial score (nSPS) is 9.55. The number of nitro groups is 2. The third-order valence-electron chi connectivity index (χ3n) is 2.08. The molecule has 0 N–H and O–H groups in total. The summed E-state index contributed by atoms with van der Waals surface area (Å²) in [6, 6.07) is 5.78. The molecule has 10 heteroatoms. The van der Waals surface area contributed by atoms with E-state index in [4.69, 9.17) is 0 Å². The van der Waals surface area contributed by atoms with E-state index in [1.807, 2.05) is 13.8 Å². The summed E-state index contributed by atoms with van der Waals surface area (Å²) < 4.78 is 0. The van der Waals surface area contributed by atoms with Gasteiger partial charge >= 0.3 is 0 Å². The van der Waals surface area contributed by atoms with Gasteiger partial charge in [0.2, 0.25) is 0 Å². The minimum atomic E-state index is -0.521. The molecule has 2 aromatic rings. The van der Waals surface area contributed by atoms with Gasteiger partial charge in [-0.3, -0.25) is 20.2 Å². The highest BCUT2D eigenvalue weighted by molar-refractivity contribution is 8.76. The fraction of sp³-hybridized carbons (Fsp3) is 0.167. The van der Waals surface area contributed by atoms with Crippen molar-refractivity contribution in [2.24, 2.45) is 0 Å². The van der Waals surface area contributed by atoms with Gasteiger partial charge in [-0.2, -0.15) is 0 Å². The molecule has 0 radical (unpaired) electrons. The van der Waals surface area contributed by atoms with Crippen LogP contribution in [0.2, 0.25) is 0 Å². The van der Waals surface area contributed by atoms with Crippen molar-refractivity contribution in [3.8, 4) is 0 Å². The molecule has 0 aliphatic heterocycles. The minimum Gasteiger partial charge on any atom is -0.258 e. The molecule has 0 spiro atoms. The monoisotopic (exact) mass is 340 g/mol. The second kappa shape index (κ2) is 8.95. The molecule has 0 fully saturated rings. The molecule has 0 aliphatic carbocycles. The largest absolute Gasteiger partial charge is 0.287 e. The smallest absolute Gasteiger partial charge is 0.258 e. The Kier molecular flexibility index (Phi) is 7.26. The Labute approximate surface area is 134 Å². The molecule has 0 unspecified atom stereocenters. The van der Waals surface area contributed by atoms with E-state index in [1.165, 1.54) is 58.2 Å². The van der Waals surface area contributed by atoms with Gasteiger partial charge in [-0.1, -0.05) is 13.8 Å². The predicted octanol–water partition coefficient (Wildman–Crippen LogP) is 4.12. The molecule has 2 rings (SSSR count).